The van der Waals surface area contributed by atoms with E-state index in [1.807, 2.05) is 6.07 Å². The van der Waals surface area contributed by atoms with Crippen molar-refractivity contribution in [3.63, 3.8) is 0 Å². The molecule has 4 heteroatoms. The van der Waals surface area contributed by atoms with E-state index in [1.165, 1.54) is 0 Å². The highest BCUT2D eigenvalue weighted by Gasteiger charge is 2.12. The first-order chi connectivity index (χ1) is 10.0. The molecule has 2 aromatic rings. The molecule has 0 radical (unpaired) electrons. The average molecular weight is 308 g/mol. The maximum absolute atomic E-state index is 14.4. The Kier molecular flexibility index (Phi) is 5.21. The number of rotatable bonds is 5. The number of benzene rings is 2. The van der Waals surface area contributed by atoms with Gasteiger partial charge < -0.3 is 10.1 Å². The van der Waals surface area contributed by atoms with Crippen molar-refractivity contribution < 1.29 is 9.13 Å². The van der Waals surface area contributed by atoms with Crippen LogP contribution in [0.15, 0.2) is 36.4 Å². The number of ether oxygens (including phenoxy) is 1. The van der Waals surface area contributed by atoms with Crippen molar-refractivity contribution in [2.75, 3.05) is 7.11 Å². The average Bonchev–Trinajstić information content (AvgIpc) is 2.45. The molecule has 2 nitrogen and oxygen atoms in total. The summed E-state index contributed by atoms with van der Waals surface area (Å²) in [5, 5.41) is 3.82. The highest BCUT2D eigenvalue weighted by Crippen LogP contribution is 2.34. The summed E-state index contributed by atoms with van der Waals surface area (Å²) < 4.78 is 19.7. The van der Waals surface area contributed by atoms with Crippen LogP contribution in [-0.2, 0) is 6.54 Å². The second kappa shape index (κ2) is 6.92. The molecule has 0 amide bonds. The molecule has 0 aliphatic heterocycles. The fourth-order valence-corrected chi connectivity index (χ4v) is 2.27. The van der Waals surface area contributed by atoms with Gasteiger partial charge in [0.25, 0.3) is 0 Å². The molecule has 0 aromatic heterocycles. The van der Waals surface area contributed by atoms with Gasteiger partial charge in [-0.25, -0.2) is 4.39 Å². The SMILES string of the molecule is COc1ccc(Cl)cc1-c1ccc(CNC(C)C)cc1F. The molecule has 0 unspecified atom stereocenters. The predicted octanol–water partition coefficient (Wildman–Crippen LogP) is 4.65. The van der Waals surface area contributed by atoms with Gasteiger partial charge in [-0.3, -0.25) is 0 Å². The molecule has 0 heterocycles. The number of nitrogens with one attached hydrogen (secondary N) is 1. The maximum atomic E-state index is 14.4. The highest BCUT2D eigenvalue weighted by atomic mass is 35.5. The third-order valence-electron chi connectivity index (χ3n) is 3.20. The zero-order chi connectivity index (χ0) is 15.4. The van der Waals surface area contributed by atoms with Crippen LogP contribution in [0.3, 0.4) is 0 Å². The summed E-state index contributed by atoms with van der Waals surface area (Å²) in [6, 6.07) is 10.8. The third-order valence-corrected chi connectivity index (χ3v) is 3.43. The Hall–Kier alpha value is -1.58. The van der Waals surface area contributed by atoms with Crippen LogP contribution in [0.5, 0.6) is 5.75 Å². The van der Waals surface area contributed by atoms with Gasteiger partial charge in [0.05, 0.1) is 7.11 Å². The van der Waals surface area contributed by atoms with Crippen molar-refractivity contribution in [2.24, 2.45) is 0 Å². The zero-order valence-corrected chi connectivity index (χ0v) is 13.2. The molecule has 0 atom stereocenters. The predicted molar refractivity (Wildman–Crippen MR) is 85.4 cm³/mol. The Morgan fingerprint density at radius 2 is 1.90 bits per heavy atom. The van der Waals surface area contributed by atoms with E-state index in [2.05, 4.69) is 19.2 Å². The summed E-state index contributed by atoms with van der Waals surface area (Å²) >= 11 is 6.00. The second-order valence-corrected chi connectivity index (χ2v) is 5.63. The van der Waals surface area contributed by atoms with Crippen molar-refractivity contribution in [1.29, 1.82) is 0 Å². The van der Waals surface area contributed by atoms with Crippen molar-refractivity contribution >= 4 is 11.6 Å². The maximum Gasteiger partial charge on any atom is 0.131 e. The second-order valence-electron chi connectivity index (χ2n) is 5.19. The van der Waals surface area contributed by atoms with Crippen LogP contribution in [0.2, 0.25) is 5.02 Å². The molecule has 0 aliphatic carbocycles. The van der Waals surface area contributed by atoms with Gasteiger partial charge in [0.15, 0.2) is 0 Å². The van der Waals surface area contributed by atoms with Gasteiger partial charge in [0.1, 0.15) is 11.6 Å². The first-order valence-electron chi connectivity index (χ1n) is 6.87. The highest BCUT2D eigenvalue weighted by molar-refractivity contribution is 6.31. The molecular weight excluding hydrogens is 289 g/mol. The fourth-order valence-electron chi connectivity index (χ4n) is 2.10. The summed E-state index contributed by atoms with van der Waals surface area (Å²) in [5.41, 5.74) is 2.06. The first kappa shape index (κ1) is 15.8. The smallest absolute Gasteiger partial charge is 0.131 e. The van der Waals surface area contributed by atoms with Crippen LogP contribution in [-0.4, -0.2) is 13.2 Å². The van der Waals surface area contributed by atoms with Crippen LogP contribution >= 0.6 is 11.6 Å². The van der Waals surface area contributed by atoms with Gasteiger partial charge in [-0.1, -0.05) is 37.6 Å². The summed E-state index contributed by atoms with van der Waals surface area (Å²) in [5.74, 6) is 0.324. The standard InChI is InChI=1S/C17H19ClFNO/c1-11(2)20-10-12-4-6-14(16(19)8-12)15-9-13(18)5-7-17(15)21-3/h4-9,11,20H,10H2,1-3H3. The van der Waals surface area contributed by atoms with Crippen molar-refractivity contribution in [2.45, 2.75) is 26.4 Å². The van der Waals surface area contributed by atoms with E-state index < -0.39 is 0 Å². The molecule has 0 saturated carbocycles. The van der Waals surface area contributed by atoms with Crippen LogP contribution in [0.25, 0.3) is 11.1 Å². The molecule has 0 spiro atoms. The van der Waals surface area contributed by atoms with Gasteiger partial charge in [0.2, 0.25) is 0 Å². The summed E-state index contributed by atoms with van der Waals surface area (Å²) in [6.45, 7) is 4.75. The number of hydrogen-bond acceptors (Lipinski definition) is 2. The number of halogens is 2. The van der Waals surface area contributed by atoms with Gasteiger partial charge in [-0.15, -0.1) is 0 Å². The Balaban J connectivity index is 2.35. The lowest BCUT2D eigenvalue weighted by Gasteiger charge is -2.12. The van der Waals surface area contributed by atoms with Gasteiger partial charge >= 0.3 is 0 Å². The van der Waals surface area contributed by atoms with E-state index in [0.29, 0.717) is 34.5 Å². The molecule has 2 aromatic carbocycles. The number of methoxy groups -OCH3 is 1. The summed E-state index contributed by atoms with van der Waals surface area (Å²) in [4.78, 5) is 0. The van der Waals surface area contributed by atoms with Crippen LogP contribution in [0.4, 0.5) is 4.39 Å². The van der Waals surface area contributed by atoms with Gasteiger partial charge in [-0.05, 0) is 29.8 Å². The van der Waals surface area contributed by atoms with Gasteiger partial charge in [-0.2, -0.15) is 0 Å². The van der Waals surface area contributed by atoms with E-state index in [0.717, 1.165) is 5.56 Å². The lowest BCUT2D eigenvalue weighted by Crippen LogP contribution is -2.21. The molecule has 21 heavy (non-hydrogen) atoms. The minimum atomic E-state index is -0.279. The third kappa shape index (κ3) is 3.96. The summed E-state index contributed by atoms with van der Waals surface area (Å²) in [6.07, 6.45) is 0. The Morgan fingerprint density at radius 1 is 1.14 bits per heavy atom. The van der Waals surface area contributed by atoms with E-state index in [-0.39, 0.29) is 5.82 Å². The Morgan fingerprint density at radius 3 is 2.52 bits per heavy atom. The Labute approximate surface area is 129 Å². The van der Waals surface area contributed by atoms with Crippen LogP contribution in [0, 0.1) is 5.82 Å². The molecule has 2 rings (SSSR count). The minimum Gasteiger partial charge on any atom is -0.496 e. The Bertz CT molecular complexity index is 628. The quantitative estimate of drug-likeness (QED) is 0.868. The van der Waals surface area contributed by atoms with Crippen molar-refractivity contribution in [3.8, 4) is 16.9 Å². The fraction of sp³-hybridized carbons (Fsp3) is 0.294. The minimum absolute atomic E-state index is 0.279. The van der Waals surface area contributed by atoms with Crippen LogP contribution in [0.1, 0.15) is 19.4 Å². The molecule has 112 valence electrons. The molecule has 0 fully saturated rings. The lowest BCUT2D eigenvalue weighted by atomic mass is 10.0. The van der Waals surface area contributed by atoms with E-state index >= 15 is 0 Å². The van der Waals surface area contributed by atoms with E-state index in [9.17, 15) is 4.39 Å². The zero-order valence-electron chi connectivity index (χ0n) is 12.4. The molecular formula is C17H19ClFNO. The molecule has 0 bridgehead atoms. The van der Waals surface area contributed by atoms with E-state index in [1.54, 1.807) is 37.4 Å². The largest absolute Gasteiger partial charge is 0.496 e. The molecule has 1 N–H and O–H groups in total. The van der Waals surface area contributed by atoms with E-state index in [4.69, 9.17) is 16.3 Å². The van der Waals surface area contributed by atoms with Crippen molar-refractivity contribution in [3.05, 3.63) is 52.8 Å². The monoisotopic (exact) mass is 307 g/mol. The number of hydrogen-bond donors (Lipinski definition) is 1. The lowest BCUT2D eigenvalue weighted by molar-refractivity contribution is 0.416. The van der Waals surface area contributed by atoms with Crippen molar-refractivity contribution in [1.82, 2.24) is 5.32 Å². The summed E-state index contributed by atoms with van der Waals surface area (Å²) in [7, 11) is 1.56. The topological polar surface area (TPSA) is 21.3 Å². The normalized spacial score (nSPS) is 11.0. The van der Waals surface area contributed by atoms with Crippen LogP contribution < -0.4 is 10.1 Å². The molecule has 0 aliphatic rings. The first-order valence-corrected chi connectivity index (χ1v) is 7.24. The van der Waals surface area contributed by atoms with Gasteiger partial charge in [0, 0.05) is 28.7 Å². The molecule has 0 saturated heterocycles.